The Kier molecular flexibility index (Phi) is 5.12. The van der Waals surface area contributed by atoms with Gasteiger partial charge < -0.3 is 10.3 Å². The molecule has 1 aromatic heterocycles. The van der Waals surface area contributed by atoms with Crippen LogP contribution in [0.4, 0.5) is 0 Å². The van der Waals surface area contributed by atoms with E-state index >= 15 is 0 Å². The van der Waals surface area contributed by atoms with E-state index < -0.39 is 0 Å². The molecule has 4 nitrogen and oxygen atoms in total. The molecule has 1 heterocycles. The lowest BCUT2D eigenvalue weighted by Gasteiger charge is -2.23. The minimum atomic E-state index is 0.295. The van der Waals surface area contributed by atoms with E-state index in [1.54, 1.807) is 0 Å². The number of nitrogens with zero attached hydrogens (tertiary/aromatic N) is 3. The number of nitrogens with two attached hydrogens (primary N) is 1. The minimum absolute atomic E-state index is 0.295. The second-order valence-corrected chi connectivity index (χ2v) is 6.00. The monoisotopic (exact) mass is 238 g/mol. The van der Waals surface area contributed by atoms with Gasteiger partial charge in [0, 0.05) is 13.0 Å². The molecule has 4 heteroatoms. The van der Waals surface area contributed by atoms with Crippen LogP contribution in [0.3, 0.4) is 0 Å². The zero-order chi connectivity index (χ0) is 12.9. The van der Waals surface area contributed by atoms with Gasteiger partial charge in [0.15, 0.2) is 0 Å². The fourth-order valence-electron chi connectivity index (χ4n) is 1.98. The van der Waals surface area contributed by atoms with Crippen LogP contribution < -0.4 is 5.73 Å². The van der Waals surface area contributed by atoms with Crippen molar-refractivity contribution in [3.8, 4) is 0 Å². The molecule has 0 spiro atoms. The van der Waals surface area contributed by atoms with Gasteiger partial charge in [0.2, 0.25) is 0 Å². The number of rotatable bonds is 7. The second-order valence-electron chi connectivity index (χ2n) is 6.00. The SMILES string of the molecule is CC(C)Cn1cnnc1CCC(C)(C)CCN. The molecule has 0 fully saturated rings. The van der Waals surface area contributed by atoms with E-state index in [1.165, 1.54) is 0 Å². The summed E-state index contributed by atoms with van der Waals surface area (Å²) in [6.07, 6.45) is 5.00. The first-order valence-corrected chi connectivity index (χ1v) is 6.51. The van der Waals surface area contributed by atoms with E-state index in [9.17, 15) is 0 Å². The van der Waals surface area contributed by atoms with Crippen molar-refractivity contribution in [2.75, 3.05) is 6.54 Å². The number of hydrogen-bond acceptors (Lipinski definition) is 3. The molecule has 17 heavy (non-hydrogen) atoms. The summed E-state index contributed by atoms with van der Waals surface area (Å²) in [6, 6.07) is 0. The van der Waals surface area contributed by atoms with Gasteiger partial charge in [-0.3, -0.25) is 0 Å². The lowest BCUT2D eigenvalue weighted by atomic mass is 9.84. The maximum absolute atomic E-state index is 5.63. The van der Waals surface area contributed by atoms with Crippen LogP contribution in [0.5, 0.6) is 0 Å². The van der Waals surface area contributed by atoms with E-state index in [2.05, 4.69) is 42.5 Å². The van der Waals surface area contributed by atoms with Gasteiger partial charge in [0.25, 0.3) is 0 Å². The van der Waals surface area contributed by atoms with Gasteiger partial charge in [-0.1, -0.05) is 27.7 Å². The van der Waals surface area contributed by atoms with Crippen molar-refractivity contribution in [2.45, 2.75) is 53.5 Å². The first kappa shape index (κ1) is 14.2. The number of hydrogen-bond donors (Lipinski definition) is 1. The summed E-state index contributed by atoms with van der Waals surface area (Å²) in [6.45, 7) is 10.7. The predicted octanol–water partition coefficient (Wildman–Crippen LogP) is 2.24. The Hall–Kier alpha value is -0.900. The van der Waals surface area contributed by atoms with Crippen molar-refractivity contribution >= 4 is 0 Å². The molecule has 0 atom stereocenters. The molecule has 0 saturated heterocycles. The van der Waals surface area contributed by atoms with Crippen molar-refractivity contribution in [3.05, 3.63) is 12.2 Å². The molecule has 2 N–H and O–H groups in total. The summed E-state index contributed by atoms with van der Waals surface area (Å²) in [5.41, 5.74) is 5.92. The Morgan fingerprint density at radius 2 is 2.06 bits per heavy atom. The van der Waals surface area contributed by atoms with Gasteiger partial charge in [-0.05, 0) is 30.7 Å². The second kappa shape index (κ2) is 6.15. The van der Waals surface area contributed by atoms with Crippen LogP contribution in [0, 0.1) is 11.3 Å². The summed E-state index contributed by atoms with van der Waals surface area (Å²) >= 11 is 0. The van der Waals surface area contributed by atoms with Crippen molar-refractivity contribution in [2.24, 2.45) is 17.1 Å². The standard InChI is InChI=1S/C13H26N4/c1-11(2)9-17-10-15-16-12(17)5-6-13(3,4)7-8-14/h10-11H,5-9,14H2,1-4H3. The third-order valence-corrected chi connectivity index (χ3v) is 3.10. The maximum Gasteiger partial charge on any atom is 0.132 e. The van der Waals surface area contributed by atoms with Crippen molar-refractivity contribution in [1.29, 1.82) is 0 Å². The van der Waals surface area contributed by atoms with E-state index in [4.69, 9.17) is 5.73 Å². The Bertz CT molecular complexity index is 328. The molecule has 0 amide bonds. The van der Waals surface area contributed by atoms with E-state index in [0.29, 0.717) is 11.3 Å². The predicted molar refractivity (Wildman–Crippen MR) is 70.6 cm³/mol. The normalized spacial score (nSPS) is 12.4. The van der Waals surface area contributed by atoms with E-state index in [1.807, 2.05) is 6.33 Å². The Morgan fingerprint density at radius 1 is 1.35 bits per heavy atom. The summed E-state index contributed by atoms with van der Waals surface area (Å²) in [5, 5.41) is 8.22. The van der Waals surface area contributed by atoms with Crippen LogP contribution in [0.1, 0.15) is 46.4 Å². The van der Waals surface area contributed by atoms with Crippen LogP contribution in [0.15, 0.2) is 6.33 Å². The van der Waals surface area contributed by atoms with Crippen LogP contribution in [0.25, 0.3) is 0 Å². The van der Waals surface area contributed by atoms with Crippen LogP contribution >= 0.6 is 0 Å². The van der Waals surface area contributed by atoms with Crippen LogP contribution in [-0.4, -0.2) is 21.3 Å². The molecule has 0 radical (unpaired) electrons. The molecule has 0 aliphatic heterocycles. The molecule has 98 valence electrons. The molecule has 0 aromatic carbocycles. The fraction of sp³-hybridized carbons (Fsp3) is 0.846. The zero-order valence-electron chi connectivity index (χ0n) is 11.6. The maximum atomic E-state index is 5.63. The van der Waals surface area contributed by atoms with Gasteiger partial charge >= 0.3 is 0 Å². The van der Waals surface area contributed by atoms with Gasteiger partial charge in [0.05, 0.1) is 0 Å². The molecule has 1 rings (SSSR count). The molecular weight excluding hydrogens is 212 g/mol. The Balaban J connectivity index is 2.54. The van der Waals surface area contributed by atoms with Gasteiger partial charge in [-0.15, -0.1) is 10.2 Å². The molecule has 0 unspecified atom stereocenters. The smallest absolute Gasteiger partial charge is 0.132 e. The Morgan fingerprint density at radius 3 is 2.65 bits per heavy atom. The molecule has 0 bridgehead atoms. The number of aryl methyl sites for hydroxylation is 1. The quantitative estimate of drug-likeness (QED) is 0.792. The van der Waals surface area contributed by atoms with Gasteiger partial charge in [-0.2, -0.15) is 0 Å². The summed E-state index contributed by atoms with van der Waals surface area (Å²) in [5.74, 6) is 1.73. The molecule has 0 aliphatic rings. The summed E-state index contributed by atoms with van der Waals surface area (Å²) in [4.78, 5) is 0. The Labute approximate surface area is 105 Å². The molecule has 0 aliphatic carbocycles. The highest BCUT2D eigenvalue weighted by Gasteiger charge is 2.18. The average Bonchev–Trinajstić information content (AvgIpc) is 2.61. The van der Waals surface area contributed by atoms with Gasteiger partial charge in [0.1, 0.15) is 12.2 Å². The molecule has 1 aromatic rings. The highest BCUT2D eigenvalue weighted by Crippen LogP contribution is 2.25. The third kappa shape index (κ3) is 4.86. The first-order valence-electron chi connectivity index (χ1n) is 6.51. The summed E-state index contributed by atoms with van der Waals surface area (Å²) < 4.78 is 2.17. The highest BCUT2D eigenvalue weighted by molar-refractivity contribution is 4.88. The zero-order valence-corrected chi connectivity index (χ0v) is 11.6. The third-order valence-electron chi connectivity index (χ3n) is 3.10. The van der Waals surface area contributed by atoms with E-state index in [0.717, 1.165) is 38.2 Å². The highest BCUT2D eigenvalue weighted by atomic mass is 15.3. The largest absolute Gasteiger partial charge is 0.330 e. The fourth-order valence-corrected chi connectivity index (χ4v) is 1.98. The van der Waals surface area contributed by atoms with Crippen molar-refractivity contribution < 1.29 is 0 Å². The molecule has 0 saturated carbocycles. The topological polar surface area (TPSA) is 56.7 Å². The molecular formula is C13H26N4. The lowest BCUT2D eigenvalue weighted by molar-refractivity contribution is 0.308. The lowest BCUT2D eigenvalue weighted by Crippen LogP contribution is -2.19. The van der Waals surface area contributed by atoms with Crippen molar-refractivity contribution in [3.63, 3.8) is 0 Å². The van der Waals surface area contributed by atoms with E-state index in [-0.39, 0.29) is 0 Å². The first-order chi connectivity index (χ1) is 7.94. The average molecular weight is 238 g/mol. The van der Waals surface area contributed by atoms with Crippen molar-refractivity contribution in [1.82, 2.24) is 14.8 Å². The summed E-state index contributed by atoms with van der Waals surface area (Å²) in [7, 11) is 0. The van der Waals surface area contributed by atoms with Crippen LogP contribution in [-0.2, 0) is 13.0 Å². The van der Waals surface area contributed by atoms with Crippen LogP contribution in [0.2, 0.25) is 0 Å². The van der Waals surface area contributed by atoms with Gasteiger partial charge in [-0.25, -0.2) is 0 Å². The minimum Gasteiger partial charge on any atom is -0.330 e. The number of aromatic nitrogens is 3.